The standard InChI is InChI=1S/C21H35I/c1-19(2,3)12-15-10-16(13-20(4,5)6)18(22)17(11-15)14-21(7,8)9/h10-11H,12-14H2,1-9H3. The Hall–Kier alpha value is -0.0500. The van der Waals surface area contributed by atoms with Gasteiger partial charge in [0.25, 0.3) is 0 Å². The number of hydrogen-bond donors (Lipinski definition) is 0. The maximum atomic E-state index is 2.57. The molecule has 1 heteroatoms. The number of hydrogen-bond acceptors (Lipinski definition) is 0. The molecule has 0 aliphatic rings. The van der Waals surface area contributed by atoms with Crippen molar-refractivity contribution in [2.45, 2.75) is 81.6 Å². The summed E-state index contributed by atoms with van der Waals surface area (Å²) in [6, 6.07) is 4.93. The fraction of sp³-hybridized carbons (Fsp3) is 0.714. The lowest BCUT2D eigenvalue weighted by Gasteiger charge is -2.26. The highest BCUT2D eigenvalue weighted by Crippen LogP contribution is 2.32. The van der Waals surface area contributed by atoms with Crippen LogP contribution in [0.5, 0.6) is 0 Å². The molecule has 1 rings (SSSR count). The van der Waals surface area contributed by atoms with E-state index in [0.717, 1.165) is 19.3 Å². The first kappa shape index (κ1) is 20.0. The SMILES string of the molecule is CC(C)(C)Cc1cc(CC(C)(C)C)c(I)c(CC(C)(C)C)c1. The molecule has 0 saturated heterocycles. The number of halogens is 1. The van der Waals surface area contributed by atoms with Crippen molar-refractivity contribution in [3.63, 3.8) is 0 Å². The van der Waals surface area contributed by atoms with E-state index >= 15 is 0 Å². The smallest absolute Gasteiger partial charge is 0.0194 e. The highest BCUT2D eigenvalue weighted by molar-refractivity contribution is 14.1. The van der Waals surface area contributed by atoms with E-state index in [1.807, 2.05) is 0 Å². The van der Waals surface area contributed by atoms with Gasteiger partial charge in [-0.25, -0.2) is 0 Å². The Morgan fingerprint density at radius 1 is 0.636 bits per heavy atom. The normalized spacial score (nSPS) is 13.5. The molecule has 0 unspecified atom stereocenters. The van der Waals surface area contributed by atoms with Gasteiger partial charge in [-0.05, 0) is 74.8 Å². The zero-order valence-electron chi connectivity index (χ0n) is 16.2. The van der Waals surface area contributed by atoms with Crippen LogP contribution in [0.1, 0.15) is 79.0 Å². The minimum atomic E-state index is 0.333. The molecular weight excluding hydrogens is 379 g/mol. The van der Waals surface area contributed by atoms with Crippen LogP contribution in [0.2, 0.25) is 0 Å². The molecule has 1 aromatic rings. The largest absolute Gasteiger partial charge is 0.0599 e. The van der Waals surface area contributed by atoms with Crippen molar-refractivity contribution >= 4 is 22.6 Å². The highest BCUT2D eigenvalue weighted by atomic mass is 127. The van der Waals surface area contributed by atoms with Gasteiger partial charge in [0.15, 0.2) is 0 Å². The molecular formula is C21H35I. The van der Waals surface area contributed by atoms with Gasteiger partial charge in [0.1, 0.15) is 0 Å². The second kappa shape index (κ2) is 6.83. The maximum absolute atomic E-state index is 2.57. The number of benzene rings is 1. The molecule has 0 N–H and O–H groups in total. The van der Waals surface area contributed by atoms with Gasteiger partial charge < -0.3 is 0 Å². The summed E-state index contributed by atoms with van der Waals surface area (Å²) >= 11 is 2.57. The van der Waals surface area contributed by atoms with Gasteiger partial charge in [0.05, 0.1) is 0 Å². The molecule has 0 radical (unpaired) electrons. The molecule has 0 aliphatic heterocycles. The van der Waals surface area contributed by atoms with Gasteiger partial charge in [-0.15, -0.1) is 0 Å². The van der Waals surface area contributed by atoms with E-state index in [1.54, 1.807) is 0 Å². The third kappa shape index (κ3) is 7.48. The van der Waals surface area contributed by atoms with Crippen molar-refractivity contribution in [3.8, 4) is 0 Å². The van der Waals surface area contributed by atoms with Crippen LogP contribution in [0.4, 0.5) is 0 Å². The highest BCUT2D eigenvalue weighted by Gasteiger charge is 2.21. The molecule has 0 aliphatic carbocycles. The molecule has 0 saturated carbocycles. The van der Waals surface area contributed by atoms with Crippen LogP contribution >= 0.6 is 22.6 Å². The van der Waals surface area contributed by atoms with Crippen molar-refractivity contribution in [2.24, 2.45) is 16.2 Å². The van der Waals surface area contributed by atoms with E-state index < -0.39 is 0 Å². The van der Waals surface area contributed by atoms with E-state index in [1.165, 1.54) is 20.3 Å². The Morgan fingerprint density at radius 2 is 0.955 bits per heavy atom. The molecule has 22 heavy (non-hydrogen) atoms. The summed E-state index contributed by atoms with van der Waals surface area (Å²) in [5, 5.41) is 0. The fourth-order valence-corrected chi connectivity index (χ4v) is 3.63. The van der Waals surface area contributed by atoms with E-state index in [2.05, 4.69) is 97.0 Å². The quantitative estimate of drug-likeness (QED) is 0.465. The van der Waals surface area contributed by atoms with Gasteiger partial charge in [0, 0.05) is 3.57 Å². The summed E-state index contributed by atoms with van der Waals surface area (Å²) in [7, 11) is 0. The van der Waals surface area contributed by atoms with Crippen molar-refractivity contribution < 1.29 is 0 Å². The molecule has 0 aromatic heterocycles. The topological polar surface area (TPSA) is 0 Å². The molecule has 0 amide bonds. The second-order valence-corrected chi connectivity index (χ2v) is 11.5. The summed E-state index contributed by atoms with van der Waals surface area (Å²) in [4.78, 5) is 0. The van der Waals surface area contributed by atoms with Gasteiger partial charge in [0.2, 0.25) is 0 Å². The summed E-state index contributed by atoms with van der Waals surface area (Å²) < 4.78 is 1.49. The molecule has 0 bridgehead atoms. The van der Waals surface area contributed by atoms with Crippen molar-refractivity contribution in [1.82, 2.24) is 0 Å². The van der Waals surface area contributed by atoms with Gasteiger partial charge in [-0.3, -0.25) is 0 Å². The van der Waals surface area contributed by atoms with Crippen LogP contribution in [0.25, 0.3) is 0 Å². The lowest BCUT2D eigenvalue weighted by molar-refractivity contribution is 0.398. The summed E-state index contributed by atoms with van der Waals surface area (Å²) in [5.41, 5.74) is 5.58. The van der Waals surface area contributed by atoms with E-state index in [4.69, 9.17) is 0 Å². The van der Waals surface area contributed by atoms with Crippen LogP contribution in [-0.4, -0.2) is 0 Å². The van der Waals surface area contributed by atoms with Crippen LogP contribution < -0.4 is 0 Å². The average molecular weight is 414 g/mol. The minimum absolute atomic E-state index is 0.333. The zero-order valence-corrected chi connectivity index (χ0v) is 18.3. The predicted octanol–water partition coefficient (Wildman–Crippen LogP) is 7.06. The first-order chi connectivity index (χ1) is 9.66. The summed E-state index contributed by atoms with van der Waals surface area (Å²) in [5.74, 6) is 0. The van der Waals surface area contributed by atoms with E-state index in [-0.39, 0.29) is 0 Å². The van der Waals surface area contributed by atoms with Crippen molar-refractivity contribution in [2.75, 3.05) is 0 Å². The Labute approximate surface area is 152 Å². The molecule has 0 nitrogen and oxygen atoms in total. The first-order valence-electron chi connectivity index (χ1n) is 8.47. The summed E-state index contributed by atoms with van der Waals surface area (Å²) in [6.45, 7) is 21.0. The molecule has 0 spiro atoms. The second-order valence-electron chi connectivity index (χ2n) is 10.4. The maximum Gasteiger partial charge on any atom is 0.0194 e. The monoisotopic (exact) mass is 414 g/mol. The molecule has 1 aromatic carbocycles. The predicted molar refractivity (Wildman–Crippen MR) is 109 cm³/mol. The Kier molecular flexibility index (Phi) is 6.20. The molecule has 0 atom stereocenters. The van der Waals surface area contributed by atoms with Crippen LogP contribution in [0.15, 0.2) is 12.1 Å². The minimum Gasteiger partial charge on any atom is -0.0599 e. The third-order valence-electron chi connectivity index (χ3n) is 3.46. The van der Waals surface area contributed by atoms with E-state index in [9.17, 15) is 0 Å². The Bertz CT molecular complexity index is 467. The van der Waals surface area contributed by atoms with Gasteiger partial charge in [-0.2, -0.15) is 0 Å². The average Bonchev–Trinajstić information content (AvgIpc) is 2.18. The van der Waals surface area contributed by atoms with Gasteiger partial charge in [-0.1, -0.05) is 74.4 Å². The van der Waals surface area contributed by atoms with Crippen LogP contribution in [-0.2, 0) is 19.3 Å². The third-order valence-corrected chi connectivity index (χ3v) is 4.84. The first-order valence-corrected chi connectivity index (χ1v) is 9.54. The van der Waals surface area contributed by atoms with E-state index in [0.29, 0.717) is 16.2 Å². The van der Waals surface area contributed by atoms with Gasteiger partial charge >= 0.3 is 0 Å². The molecule has 0 fully saturated rings. The zero-order chi connectivity index (χ0) is 17.3. The Morgan fingerprint density at radius 3 is 1.23 bits per heavy atom. The lowest BCUT2D eigenvalue weighted by atomic mass is 9.81. The summed E-state index contributed by atoms with van der Waals surface area (Å²) in [6.07, 6.45) is 3.46. The molecule has 126 valence electrons. The van der Waals surface area contributed by atoms with Crippen molar-refractivity contribution in [1.29, 1.82) is 0 Å². The Balaban J connectivity index is 3.30. The van der Waals surface area contributed by atoms with Crippen molar-refractivity contribution in [3.05, 3.63) is 32.4 Å². The molecule has 0 heterocycles. The van der Waals surface area contributed by atoms with Crippen LogP contribution in [0, 0.1) is 19.8 Å². The number of rotatable bonds is 3. The lowest BCUT2D eigenvalue weighted by Crippen LogP contribution is -2.16. The fourth-order valence-electron chi connectivity index (χ4n) is 2.94. The van der Waals surface area contributed by atoms with Crippen LogP contribution in [0.3, 0.4) is 0 Å².